The number of nitrogens with zero attached hydrogens (tertiary/aromatic N) is 1. The molecule has 6 heteroatoms. The number of carbonyl (C=O) groups excluding carboxylic acids is 1. The molecule has 4 N–H and O–H groups in total. The Kier molecular flexibility index (Phi) is 5.30. The monoisotopic (exact) mass is 530 g/mol. The number of carbonyl (C=O) groups is 1. The number of aliphatic hydroxyl groups excluding tert-OH is 1. The number of anilines is 3. The molecule has 0 spiro atoms. The Bertz CT molecular complexity index is 1910. The topological polar surface area (TPSA) is 85.8 Å². The standard InChI is InChI=1S/C34H34N4O2/c1-5-33(6-2)35-23-13-9-11-19-15-17-21(29(37-33)25(19)23)27-31(39)28(32(27)40)22-18-16-20-12-10-14-24-26(20)30(22)38-34(7-3,8-4)36-24/h9-18,35-37,39H,5-8H2,1-4H3/b28-22-. The van der Waals surface area contributed by atoms with Crippen LogP contribution in [0.3, 0.4) is 0 Å². The average molecular weight is 531 g/mol. The van der Waals surface area contributed by atoms with Crippen molar-refractivity contribution in [3.05, 3.63) is 82.6 Å². The summed E-state index contributed by atoms with van der Waals surface area (Å²) in [7, 11) is 0. The SMILES string of the molecule is CCC1(CC)N=c2/c(=C3\C(=O)C(c4ccc5cccc6c5c4NC(CC)(CC)N6)=C3O)ccc3cccc(c23)N1. The highest BCUT2D eigenvalue weighted by atomic mass is 16.3. The van der Waals surface area contributed by atoms with Crippen LogP contribution in [0.4, 0.5) is 17.1 Å². The van der Waals surface area contributed by atoms with E-state index in [2.05, 4.69) is 74.0 Å². The second kappa shape index (κ2) is 8.59. The van der Waals surface area contributed by atoms with Crippen molar-refractivity contribution in [2.75, 3.05) is 16.0 Å². The summed E-state index contributed by atoms with van der Waals surface area (Å²) >= 11 is 0. The van der Waals surface area contributed by atoms with Gasteiger partial charge in [-0.2, -0.15) is 0 Å². The Morgan fingerprint density at radius 3 is 2.02 bits per heavy atom. The number of nitrogens with one attached hydrogen (secondary N) is 3. The molecule has 0 radical (unpaired) electrons. The van der Waals surface area contributed by atoms with Crippen LogP contribution in [0, 0.1) is 0 Å². The lowest BCUT2D eigenvalue weighted by molar-refractivity contribution is -0.109. The molecule has 6 nitrogen and oxygen atoms in total. The quantitative estimate of drug-likeness (QED) is 0.233. The maximum atomic E-state index is 14.0. The normalized spacial score (nSPS) is 19.4. The first-order chi connectivity index (χ1) is 19.4. The molecule has 0 saturated carbocycles. The van der Waals surface area contributed by atoms with Crippen molar-refractivity contribution in [3.63, 3.8) is 0 Å². The van der Waals surface area contributed by atoms with Crippen LogP contribution in [0.25, 0.3) is 32.7 Å². The predicted octanol–water partition coefficient (Wildman–Crippen LogP) is 6.61. The maximum Gasteiger partial charge on any atom is 0.201 e. The van der Waals surface area contributed by atoms with Gasteiger partial charge in [0.2, 0.25) is 5.78 Å². The van der Waals surface area contributed by atoms with E-state index in [1.807, 2.05) is 30.3 Å². The summed E-state index contributed by atoms with van der Waals surface area (Å²) in [6.45, 7) is 8.55. The fraction of sp³-hybridized carbons (Fsp3) is 0.294. The second-order valence-corrected chi connectivity index (χ2v) is 11.2. The van der Waals surface area contributed by atoms with Crippen LogP contribution in [-0.2, 0) is 4.79 Å². The van der Waals surface area contributed by atoms with E-state index in [0.29, 0.717) is 16.4 Å². The number of hydrogen-bond donors (Lipinski definition) is 4. The Hall–Kier alpha value is -4.32. The van der Waals surface area contributed by atoms with Gasteiger partial charge in [-0.25, -0.2) is 0 Å². The van der Waals surface area contributed by atoms with Crippen LogP contribution < -0.4 is 26.5 Å². The van der Waals surface area contributed by atoms with E-state index in [4.69, 9.17) is 4.99 Å². The number of ketones is 1. The van der Waals surface area contributed by atoms with Gasteiger partial charge in [-0.1, -0.05) is 76.2 Å². The summed E-state index contributed by atoms with van der Waals surface area (Å²) in [4.78, 5) is 19.2. The summed E-state index contributed by atoms with van der Waals surface area (Å²) < 4.78 is 0. The third-order valence-electron chi connectivity index (χ3n) is 9.34. The molecule has 40 heavy (non-hydrogen) atoms. The molecule has 1 aliphatic carbocycles. The van der Waals surface area contributed by atoms with E-state index in [0.717, 1.165) is 75.2 Å². The lowest BCUT2D eigenvalue weighted by atomic mass is 9.79. The number of hydrogen-bond acceptors (Lipinski definition) is 6. The van der Waals surface area contributed by atoms with Crippen molar-refractivity contribution >= 4 is 55.5 Å². The van der Waals surface area contributed by atoms with E-state index in [1.54, 1.807) is 0 Å². The Labute approximate surface area is 233 Å². The van der Waals surface area contributed by atoms with E-state index in [9.17, 15) is 9.90 Å². The lowest BCUT2D eigenvalue weighted by Crippen LogP contribution is -2.47. The van der Waals surface area contributed by atoms with Crippen LogP contribution in [0.1, 0.15) is 58.9 Å². The fourth-order valence-corrected chi connectivity index (χ4v) is 6.72. The molecular weight excluding hydrogens is 496 g/mol. The minimum atomic E-state index is -0.452. The molecule has 0 unspecified atom stereocenters. The third kappa shape index (κ3) is 3.22. The molecule has 0 fully saturated rings. The van der Waals surface area contributed by atoms with E-state index in [1.165, 1.54) is 0 Å². The summed E-state index contributed by atoms with van der Waals surface area (Å²) in [6.07, 6.45) is 3.34. The number of Topliss-reactive ketones (excluding diaryl/α,β-unsaturated/α-hetero) is 1. The van der Waals surface area contributed by atoms with Crippen LogP contribution in [0.2, 0.25) is 0 Å². The Morgan fingerprint density at radius 1 is 0.725 bits per heavy atom. The summed E-state index contributed by atoms with van der Waals surface area (Å²) in [5.74, 6) is -0.109. The van der Waals surface area contributed by atoms with Gasteiger partial charge in [-0.3, -0.25) is 9.79 Å². The van der Waals surface area contributed by atoms with Gasteiger partial charge in [0, 0.05) is 32.9 Å². The molecule has 7 rings (SSSR count). The molecule has 4 aromatic rings. The molecule has 2 heterocycles. The van der Waals surface area contributed by atoms with Gasteiger partial charge in [-0.05, 0) is 48.6 Å². The number of benzene rings is 4. The van der Waals surface area contributed by atoms with Gasteiger partial charge in [0.1, 0.15) is 17.1 Å². The lowest BCUT2D eigenvalue weighted by Gasteiger charge is -2.41. The van der Waals surface area contributed by atoms with Crippen molar-refractivity contribution in [3.8, 4) is 0 Å². The first kappa shape index (κ1) is 24.7. The Morgan fingerprint density at radius 2 is 1.38 bits per heavy atom. The zero-order valence-electron chi connectivity index (χ0n) is 23.4. The summed E-state index contributed by atoms with van der Waals surface area (Å²) in [6, 6.07) is 20.3. The first-order valence-corrected chi connectivity index (χ1v) is 14.4. The van der Waals surface area contributed by atoms with Crippen LogP contribution in [0.15, 0.2) is 71.4 Å². The van der Waals surface area contributed by atoms with Gasteiger partial charge >= 0.3 is 0 Å². The summed E-state index contributed by atoms with van der Waals surface area (Å²) in [5.41, 5.74) is 3.63. The minimum Gasteiger partial charge on any atom is -0.506 e. The van der Waals surface area contributed by atoms with E-state index >= 15 is 0 Å². The maximum absolute atomic E-state index is 14.0. The van der Waals surface area contributed by atoms with Crippen molar-refractivity contribution < 1.29 is 9.90 Å². The smallest absolute Gasteiger partial charge is 0.201 e. The van der Waals surface area contributed by atoms with Gasteiger partial charge < -0.3 is 21.1 Å². The number of rotatable bonds is 5. The van der Waals surface area contributed by atoms with Crippen molar-refractivity contribution in [1.29, 1.82) is 0 Å². The second-order valence-electron chi connectivity index (χ2n) is 11.2. The molecule has 0 bridgehead atoms. The largest absolute Gasteiger partial charge is 0.506 e. The fourth-order valence-electron chi connectivity index (χ4n) is 6.72. The Balaban J connectivity index is 1.50. The molecular formula is C34H34N4O2. The van der Waals surface area contributed by atoms with Crippen LogP contribution in [0.5, 0.6) is 0 Å². The zero-order chi connectivity index (χ0) is 27.8. The highest BCUT2D eigenvalue weighted by Gasteiger charge is 2.40. The average Bonchev–Trinajstić information content (AvgIpc) is 2.99. The zero-order valence-corrected chi connectivity index (χ0v) is 23.4. The van der Waals surface area contributed by atoms with Gasteiger partial charge in [-0.15, -0.1) is 0 Å². The highest BCUT2D eigenvalue weighted by Crippen LogP contribution is 2.47. The van der Waals surface area contributed by atoms with Crippen LogP contribution >= 0.6 is 0 Å². The molecule has 0 atom stereocenters. The number of aliphatic hydroxyl groups is 1. The van der Waals surface area contributed by atoms with Crippen molar-refractivity contribution in [1.82, 2.24) is 0 Å². The molecule has 2 aliphatic heterocycles. The van der Waals surface area contributed by atoms with Gasteiger partial charge in [0.05, 0.1) is 22.2 Å². The van der Waals surface area contributed by atoms with Crippen molar-refractivity contribution in [2.45, 2.75) is 64.7 Å². The van der Waals surface area contributed by atoms with Crippen molar-refractivity contribution in [2.24, 2.45) is 4.99 Å². The number of allylic oxidation sites excluding steroid dienone is 2. The van der Waals surface area contributed by atoms with E-state index in [-0.39, 0.29) is 17.2 Å². The van der Waals surface area contributed by atoms with Gasteiger partial charge in [0.25, 0.3) is 0 Å². The first-order valence-electron chi connectivity index (χ1n) is 14.4. The van der Waals surface area contributed by atoms with E-state index < -0.39 is 5.66 Å². The predicted molar refractivity (Wildman–Crippen MR) is 164 cm³/mol. The molecule has 4 aromatic carbocycles. The summed E-state index contributed by atoms with van der Waals surface area (Å²) in [5, 5.41) is 28.3. The molecule has 0 aromatic heterocycles. The van der Waals surface area contributed by atoms with Crippen LogP contribution in [-0.4, -0.2) is 22.2 Å². The molecule has 0 amide bonds. The minimum absolute atomic E-state index is 0.0393. The highest BCUT2D eigenvalue weighted by molar-refractivity contribution is 6.52. The third-order valence-corrected chi connectivity index (χ3v) is 9.34. The van der Waals surface area contributed by atoms with Gasteiger partial charge in [0.15, 0.2) is 0 Å². The molecule has 3 aliphatic rings. The molecule has 0 saturated heterocycles. The molecule has 202 valence electrons.